The van der Waals surface area contributed by atoms with Crippen LogP contribution in [0.1, 0.15) is 5.69 Å². The van der Waals surface area contributed by atoms with Gasteiger partial charge in [0.1, 0.15) is 5.82 Å². The minimum atomic E-state index is 0.0467. The first-order valence-electron chi connectivity index (χ1n) is 4.99. The third kappa shape index (κ3) is 1.32. The third-order valence-electron chi connectivity index (χ3n) is 2.67. The second-order valence-corrected chi connectivity index (χ2v) is 3.70. The Balaban J connectivity index is 2.15. The van der Waals surface area contributed by atoms with Crippen LogP contribution < -0.4 is 16.0 Å². The first-order chi connectivity index (χ1) is 7.34. The summed E-state index contributed by atoms with van der Waals surface area (Å²) in [6.07, 6.45) is 2.41. The van der Waals surface area contributed by atoms with Gasteiger partial charge in [-0.2, -0.15) is 0 Å². The molecule has 15 heavy (non-hydrogen) atoms. The Hall–Kier alpha value is -1.75. The highest BCUT2D eigenvalue weighted by molar-refractivity contribution is 5.83. The zero-order valence-corrected chi connectivity index (χ0v) is 8.21. The Morgan fingerprint density at radius 3 is 3.27 bits per heavy atom. The number of hydrogen-bond donors (Lipinski definition) is 3. The first-order valence-corrected chi connectivity index (χ1v) is 4.99. The number of fused-ring (bicyclic) bond motifs is 2. The van der Waals surface area contributed by atoms with E-state index < -0.39 is 0 Å². The van der Waals surface area contributed by atoms with Crippen LogP contribution >= 0.6 is 0 Å². The van der Waals surface area contributed by atoms with E-state index in [1.165, 1.54) is 0 Å². The van der Waals surface area contributed by atoms with E-state index in [1.807, 2.05) is 22.9 Å². The minimum absolute atomic E-state index is 0.0467. The van der Waals surface area contributed by atoms with Crippen molar-refractivity contribution in [3.8, 4) is 0 Å². The maximum atomic E-state index is 11.6. The number of nitrogens with one attached hydrogen (secondary N) is 3. The molecule has 0 atom stereocenters. The molecule has 2 aliphatic heterocycles. The fourth-order valence-corrected chi connectivity index (χ4v) is 2.01. The van der Waals surface area contributed by atoms with Crippen LogP contribution in [0.4, 0.5) is 0 Å². The number of amides is 1. The Bertz CT molecular complexity index is 446. The molecule has 3 heterocycles. The summed E-state index contributed by atoms with van der Waals surface area (Å²) in [7, 11) is 0. The molecule has 1 aromatic heterocycles. The van der Waals surface area contributed by atoms with Crippen LogP contribution in [-0.2, 0) is 11.2 Å². The average molecular weight is 204 g/mol. The number of carbonyl (C=O) groups excluding carboxylic acids is 1. The van der Waals surface area contributed by atoms with Gasteiger partial charge in [0.2, 0.25) is 5.91 Å². The molecular weight excluding hydrogens is 192 g/mol. The van der Waals surface area contributed by atoms with Crippen LogP contribution in [0.2, 0.25) is 0 Å². The van der Waals surface area contributed by atoms with Gasteiger partial charge in [0.05, 0.1) is 18.8 Å². The van der Waals surface area contributed by atoms with Gasteiger partial charge < -0.3 is 15.2 Å². The second-order valence-electron chi connectivity index (χ2n) is 3.70. The fourth-order valence-electron chi connectivity index (χ4n) is 2.01. The van der Waals surface area contributed by atoms with Crippen LogP contribution in [0.3, 0.4) is 0 Å². The van der Waals surface area contributed by atoms with Crippen LogP contribution in [0.15, 0.2) is 24.0 Å². The van der Waals surface area contributed by atoms with Gasteiger partial charge in [-0.25, -0.2) is 0 Å². The molecule has 3 rings (SSSR count). The maximum absolute atomic E-state index is 11.6. The van der Waals surface area contributed by atoms with Gasteiger partial charge in [0.25, 0.3) is 0 Å². The fraction of sp³-hybridized carbons (Fsp3) is 0.300. The van der Waals surface area contributed by atoms with Crippen LogP contribution in [0.5, 0.6) is 0 Å². The Kier molecular flexibility index (Phi) is 1.78. The molecule has 0 aromatic carbocycles. The normalized spacial score (nSPS) is 19.9. The van der Waals surface area contributed by atoms with Crippen molar-refractivity contribution in [1.29, 1.82) is 0 Å². The van der Waals surface area contributed by atoms with E-state index in [4.69, 9.17) is 0 Å². The standard InChI is InChI=1S/C10H12N4O/c15-9-4-7-2-1-3-14(7)10-8(13-9)5-11-6-12-10/h1-3,11-12H,4-6H2,(H,13,15). The number of aromatic nitrogens is 1. The van der Waals surface area contributed by atoms with Crippen molar-refractivity contribution in [1.82, 2.24) is 20.5 Å². The van der Waals surface area contributed by atoms with Crippen molar-refractivity contribution in [2.24, 2.45) is 0 Å². The van der Waals surface area contributed by atoms with Gasteiger partial charge in [-0.05, 0) is 12.1 Å². The number of rotatable bonds is 0. The molecule has 1 amide bonds. The smallest absolute Gasteiger partial charge is 0.230 e. The summed E-state index contributed by atoms with van der Waals surface area (Å²) in [4.78, 5) is 11.6. The molecule has 5 heteroatoms. The van der Waals surface area contributed by atoms with E-state index in [1.54, 1.807) is 0 Å². The highest BCUT2D eigenvalue weighted by Gasteiger charge is 2.21. The Labute approximate surface area is 87.2 Å². The lowest BCUT2D eigenvalue weighted by molar-refractivity contribution is -0.119. The van der Waals surface area contributed by atoms with Crippen molar-refractivity contribution in [3.63, 3.8) is 0 Å². The summed E-state index contributed by atoms with van der Waals surface area (Å²) in [5.41, 5.74) is 1.94. The first kappa shape index (κ1) is 8.55. The predicted octanol–water partition coefficient (Wildman–Crippen LogP) is -0.563. The van der Waals surface area contributed by atoms with Gasteiger partial charge in [0.15, 0.2) is 0 Å². The molecule has 0 aliphatic carbocycles. The summed E-state index contributed by atoms with van der Waals surface area (Å²) >= 11 is 0. The largest absolute Gasteiger partial charge is 0.357 e. The van der Waals surface area contributed by atoms with Crippen LogP contribution in [0.25, 0.3) is 5.82 Å². The molecule has 1 aromatic rings. The van der Waals surface area contributed by atoms with Crippen molar-refractivity contribution < 1.29 is 4.79 Å². The van der Waals surface area contributed by atoms with E-state index in [2.05, 4.69) is 16.0 Å². The van der Waals surface area contributed by atoms with E-state index in [0.717, 1.165) is 23.9 Å². The van der Waals surface area contributed by atoms with Crippen molar-refractivity contribution in [2.45, 2.75) is 6.42 Å². The van der Waals surface area contributed by atoms with Gasteiger partial charge >= 0.3 is 0 Å². The molecular formula is C10H12N4O. The lowest BCUT2D eigenvalue weighted by Gasteiger charge is -2.22. The van der Waals surface area contributed by atoms with Gasteiger partial charge in [-0.1, -0.05) is 0 Å². The van der Waals surface area contributed by atoms with Crippen molar-refractivity contribution in [2.75, 3.05) is 13.2 Å². The summed E-state index contributed by atoms with van der Waals surface area (Å²) in [6.45, 7) is 1.43. The second kappa shape index (κ2) is 3.13. The number of hydrogen-bond acceptors (Lipinski definition) is 3. The Morgan fingerprint density at radius 2 is 2.33 bits per heavy atom. The van der Waals surface area contributed by atoms with Crippen molar-refractivity contribution >= 4 is 11.7 Å². The van der Waals surface area contributed by atoms with E-state index in [9.17, 15) is 4.79 Å². The minimum Gasteiger partial charge on any atom is -0.357 e. The molecule has 0 fully saturated rings. The maximum Gasteiger partial charge on any atom is 0.230 e. The molecule has 0 saturated heterocycles. The quantitative estimate of drug-likeness (QED) is 0.531. The predicted molar refractivity (Wildman–Crippen MR) is 55.5 cm³/mol. The summed E-state index contributed by atoms with van der Waals surface area (Å²) in [5.74, 6) is 1.03. The Morgan fingerprint density at radius 1 is 1.40 bits per heavy atom. The lowest BCUT2D eigenvalue weighted by atomic mass is 10.3. The molecule has 5 nitrogen and oxygen atoms in total. The highest BCUT2D eigenvalue weighted by atomic mass is 16.1. The van der Waals surface area contributed by atoms with Crippen molar-refractivity contribution in [3.05, 3.63) is 29.7 Å². The lowest BCUT2D eigenvalue weighted by Crippen LogP contribution is -2.41. The third-order valence-corrected chi connectivity index (χ3v) is 2.67. The monoisotopic (exact) mass is 204 g/mol. The van der Waals surface area contributed by atoms with E-state index >= 15 is 0 Å². The molecule has 0 spiro atoms. The van der Waals surface area contributed by atoms with E-state index in [-0.39, 0.29) is 5.91 Å². The number of carbonyl (C=O) groups is 1. The van der Waals surface area contributed by atoms with Gasteiger partial charge in [-0.3, -0.25) is 10.1 Å². The average Bonchev–Trinajstić information content (AvgIpc) is 2.62. The molecule has 3 N–H and O–H groups in total. The summed E-state index contributed by atoms with van der Waals surface area (Å²) < 4.78 is 2.04. The van der Waals surface area contributed by atoms with E-state index in [0.29, 0.717) is 13.0 Å². The summed E-state index contributed by atoms with van der Waals surface area (Å²) in [5, 5.41) is 9.31. The molecule has 78 valence electrons. The molecule has 0 saturated carbocycles. The number of nitrogens with zero attached hydrogens (tertiary/aromatic N) is 1. The summed E-state index contributed by atoms with van der Waals surface area (Å²) in [6, 6.07) is 3.93. The topological polar surface area (TPSA) is 58.1 Å². The van der Waals surface area contributed by atoms with Crippen LogP contribution in [-0.4, -0.2) is 23.7 Å². The molecule has 0 bridgehead atoms. The van der Waals surface area contributed by atoms with Gasteiger partial charge in [-0.15, -0.1) is 0 Å². The zero-order valence-electron chi connectivity index (χ0n) is 8.21. The van der Waals surface area contributed by atoms with Gasteiger partial charge in [0, 0.05) is 18.4 Å². The zero-order chi connectivity index (χ0) is 10.3. The van der Waals surface area contributed by atoms with Crippen LogP contribution in [0, 0.1) is 0 Å². The SMILES string of the molecule is O=C1Cc2cccn2C2=C(CNCN2)N1. The molecule has 2 aliphatic rings. The molecule has 0 unspecified atom stereocenters. The highest BCUT2D eigenvalue weighted by Crippen LogP contribution is 2.16. The molecule has 0 radical (unpaired) electrons.